The lowest BCUT2D eigenvalue weighted by Crippen LogP contribution is -2.47. The predicted octanol–water partition coefficient (Wildman–Crippen LogP) is 2.17. The van der Waals surface area contributed by atoms with Gasteiger partial charge >= 0.3 is 0 Å². The van der Waals surface area contributed by atoms with E-state index in [9.17, 15) is 0 Å². The molecule has 2 nitrogen and oxygen atoms in total. The van der Waals surface area contributed by atoms with Crippen LogP contribution in [-0.2, 0) is 0 Å². The van der Waals surface area contributed by atoms with Gasteiger partial charge in [0.15, 0.2) is 0 Å². The van der Waals surface area contributed by atoms with E-state index in [1.54, 1.807) is 0 Å². The lowest BCUT2D eigenvalue weighted by molar-refractivity contribution is 0.106. The second-order valence-electron chi connectivity index (χ2n) is 4.78. The first-order valence-electron chi connectivity index (χ1n) is 5.52. The zero-order chi connectivity index (χ0) is 10.8. The molecule has 0 aliphatic carbocycles. The molecule has 1 saturated heterocycles. The van der Waals surface area contributed by atoms with E-state index >= 15 is 0 Å². The summed E-state index contributed by atoms with van der Waals surface area (Å²) < 4.78 is 0. The van der Waals surface area contributed by atoms with E-state index in [2.05, 4.69) is 25.7 Å². The first kappa shape index (κ1) is 11.9. The van der Waals surface area contributed by atoms with Gasteiger partial charge in [-0.25, -0.2) is 0 Å². The zero-order valence-corrected chi connectivity index (χ0v) is 10.4. The molecular weight excluding hydrogens is 192 g/mol. The van der Waals surface area contributed by atoms with Crippen LogP contribution in [0.4, 0.5) is 0 Å². The number of nitrogens with zero attached hydrogens (tertiary/aromatic N) is 1. The van der Waals surface area contributed by atoms with Gasteiger partial charge in [-0.05, 0) is 38.3 Å². The quantitative estimate of drug-likeness (QED) is 0.730. The Bertz CT molecular complexity index is 207. The molecule has 1 heterocycles. The highest BCUT2D eigenvalue weighted by Crippen LogP contribution is 2.34. The van der Waals surface area contributed by atoms with E-state index in [0.717, 1.165) is 13.1 Å². The minimum absolute atomic E-state index is 0.270. The molecule has 14 heavy (non-hydrogen) atoms. The normalized spacial score (nSPS) is 24.5. The fourth-order valence-corrected chi connectivity index (χ4v) is 2.13. The van der Waals surface area contributed by atoms with Crippen LogP contribution in [-0.4, -0.2) is 29.0 Å². The number of rotatable bonds is 3. The lowest BCUT2D eigenvalue weighted by atomic mass is 9.78. The van der Waals surface area contributed by atoms with Gasteiger partial charge in [-0.3, -0.25) is 4.90 Å². The van der Waals surface area contributed by atoms with Gasteiger partial charge in [-0.15, -0.1) is 0 Å². The first-order valence-corrected chi connectivity index (χ1v) is 5.93. The molecule has 0 radical (unpaired) electrons. The van der Waals surface area contributed by atoms with E-state index in [1.807, 2.05) is 0 Å². The number of piperidine rings is 1. The number of thiocarbonyl (C=S) groups is 1. The van der Waals surface area contributed by atoms with Crippen molar-refractivity contribution in [2.45, 2.75) is 46.1 Å². The van der Waals surface area contributed by atoms with Crippen LogP contribution in [0.1, 0.15) is 40.0 Å². The Kier molecular flexibility index (Phi) is 3.90. The van der Waals surface area contributed by atoms with Crippen molar-refractivity contribution in [2.75, 3.05) is 13.1 Å². The number of hydrogen-bond donors (Lipinski definition) is 1. The van der Waals surface area contributed by atoms with E-state index < -0.39 is 0 Å². The molecule has 0 aromatic heterocycles. The molecule has 1 aliphatic rings. The zero-order valence-electron chi connectivity index (χ0n) is 9.55. The SMILES string of the molecule is CCC1(C)CCN(C(C)C(N)=S)CC1. The molecule has 1 unspecified atom stereocenters. The van der Waals surface area contributed by atoms with Crippen LogP contribution in [0.25, 0.3) is 0 Å². The fraction of sp³-hybridized carbons (Fsp3) is 0.909. The van der Waals surface area contributed by atoms with Crippen LogP contribution >= 0.6 is 12.2 Å². The average Bonchev–Trinajstić information content (AvgIpc) is 2.18. The van der Waals surface area contributed by atoms with E-state index in [0.29, 0.717) is 10.4 Å². The number of nitrogens with two attached hydrogens (primary N) is 1. The highest BCUT2D eigenvalue weighted by atomic mass is 32.1. The van der Waals surface area contributed by atoms with Gasteiger partial charge in [0.1, 0.15) is 0 Å². The van der Waals surface area contributed by atoms with Gasteiger partial charge in [0.25, 0.3) is 0 Å². The lowest BCUT2D eigenvalue weighted by Gasteiger charge is -2.41. The molecule has 1 atom stereocenters. The van der Waals surface area contributed by atoms with E-state index in [4.69, 9.17) is 18.0 Å². The van der Waals surface area contributed by atoms with Gasteiger partial charge in [0.2, 0.25) is 0 Å². The summed E-state index contributed by atoms with van der Waals surface area (Å²) >= 11 is 5.02. The number of hydrogen-bond acceptors (Lipinski definition) is 2. The van der Waals surface area contributed by atoms with Crippen LogP contribution in [0.2, 0.25) is 0 Å². The Balaban J connectivity index is 2.47. The Hall–Kier alpha value is -0.150. The molecule has 2 N–H and O–H groups in total. The van der Waals surface area contributed by atoms with E-state index in [1.165, 1.54) is 19.3 Å². The van der Waals surface area contributed by atoms with Crippen LogP contribution < -0.4 is 5.73 Å². The molecular formula is C11H22N2S. The summed E-state index contributed by atoms with van der Waals surface area (Å²) in [5.74, 6) is 0. The van der Waals surface area contributed by atoms with Crippen molar-refractivity contribution in [3.05, 3.63) is 0 Å². The Morgan fingerprint density at radius 3 is 2.36 bits per heavy atom. The smallest absolute Gasteiger partial charge is 0.0899 e. The molecule has 0 amide bonds. The third-order valence-corrected chi connectivity index (χ3v) is 4.16. The van der Waals surface area contributed by atoms with Crippen molar-refractivity contribution in [3.8, 4) is 0 Å². The second-order valence-corrected chi connectivity index (χ2v) is 5.25. The summed E-state index contributed by atoms with van der Waals surface area (Å²) in [5, 5.41) is 0. The van der Waals surface area contributed by atoms with Crippen molar-refractivity contribution in [1.29, 1.82) is 0 Å². The number of likely N-dealkylation sites (tertiary alicyclic amines) is 1. The minimum atomic E-state index is 0.270. The van der Waals surface area contributed by atoms with Crippen molar-refractivity contribution in [3.63, 3.8) is 0 Å². The van der Waals surface area contributed by atoms with Crippen LogP contribution in [0.3, 0.4) is 0 Å². The van der Waals surface area contributed by atoms with Gasteiger partial charge in [0, 0.05) is 0 Å². The maximum atomic E-state index is 5.66. The monoisotopic (exact) mass is 214 g/mol. The van der Waals surface area contributed by atoms with Crippen molar-refractivity contribution < 1.29 is 0 Å². The highest BCUT2D eigenvalue weighted by molar-refractivity contribution is 7.80. The molecule has 0 aromatic rings. The van der Waals surface area contributed by atoms with Crippen molar-refractivity contribution in [2.24, 2.45) is 11.1 Å². The first-order chi connectivity index (χ1) is 6.48. The molecule has 0 saturated carbocycles. The summed E-state index contributed by atoms with van der Waals surface area (Å²) in [5.41, 5.74) is 6.20. The Morgan fingerprint density at radius 1 is 1.50 bits per heavy atom. The van der Waals surface area contributed by atoms with Gasteiger partial charge in [-0.1, -0.05) is 32.5 Å². The average molecular weight is 214 g/mol. The molecule has 1 rings (SSSR count). The maximum Gasteiger partial charge on any atom is 0.0899 e. The van der Waals surface area contributed by atoms with Crippen LogP contribution in [0, 0.1) is 5.41 Å². The molecule has 1 fully saturated rings. The van der Waals surface area contributed by atoms with Crippen molar-refractivity contribution >= 4 is 17.2 Å². The Morgan fingerprint density at radius 2 is 2.00 bits per heavy atom. The van der Waals surface area contributed by atoms with Crippen LogP contribution in [0.15, 0.2) is 0 Å². The molecule has 1 aliphatic heterocycles. The van der Waals surface area contributed by atoms with Gasteiger partial charge in [-0.2, -0.15) is 0 Å². The summed E-state index contributed by atoms with van der Waals surface area (Å²) in [6.07, 6.45) is 3.83. The third kappa shape index (κ3) is 2.67. The van der Waals surface area contributed by atoms with Crippen molar-refractivity contribution in [1.82, 2.24) is 4.90 Å². The molecule has 0 spiro atoms. The molecule has 0 bridgehead atoms. The minimum Gasteiger partial charge on any atom is -0.392 e. The summed E-state index contributed by atoms with van der Waals surface area (Å²) in [4.78, 5) is 3.03. The Labute approximate surface area is 92.8 Å². The standard InChI is InChI=1S/C11H22N2S/c1-4-11(3)5-7-13(8-6-11)9(2)10(12)14/h9H,4-8H2,1-3H3,(H2,12,14). The van der Waals surface area contributed by atoms with E-state index in [-0.39, 0.29) is 6.04 Å². The largest absolute Gasteiger partial charge is 0.392 e. The van der Waals surface area contributed by atoms with Gasteiger partial charge in [0.05, 0.1) is 11.0 Å². The summed E-state index contributed by atoms with van der Waals surface area (Å²) in [7, 11) is 0. The second kappa shape index (κ2) is 4.58. The molecule has 3 heteroatoms. The third-order valence-electron chi connectivity index (χ3n) is 3.82. The van der Waals surface area contributed by atoms with Crippen LogP contribution in [0.5, 0.6) is 0 Å². The fourth-order valence-electron chi connectivity index (χ4n) is 1.98. The predicted molar refractivity (Wildman–Crippen MR) is 65.5 cm³/mol. The molecule has 0 aromatic carbocycles. The summed E-state index contributed by atoms with van der Waals surface area (Å²) in [6, 6.07) is 0.270. The summed E-state index contributed by atoms with van der Waals surface area (Å²) in [6.45, 7) is 9.06. The van der Waals surface area contributed by atoms with Gasteiger partial charge < -0.3 is 5.73 Å². The maximum absolute atomic E-state index is 5.66. The topological polar surface area (TPSA) is 29.3 Å². The highest BCUT2D eigenvalue weighted by Gasteiger charge is 2.30. The molecule has 82 valence electrons.